The van der Waals surface area contributed by atoms with E-state index in [0.717, 1.165) is 27.9 Å². The van der Waals surface area contributed by atoms with Crippen LogP contribution in [0.3, 0.4) is 0 Å². The van der Waals surface area contributed by atoms with Crippen LogP contribution in [-0.2, 0) is 12.1 Å². The molecule has 3 aromatic rings. The number of rotatable bonds is 5. The topological polar surface area (TPSA) is 76.7 Å². The molecule has 2 heterocycles. The Labute approximate surface area is 147 Å². The molecule has 3 rings (SSSR count). The highest BCUT2D eigenvalue weighted by atomic mass is 16.3. The predicted octanol–water partition coefficient (Wildman–Crippen LogP) is 2.68. The molecule has 0 bridgehead atoms. The molecule has 6 heteroatoms. The molecule has 25 heavy (non-hydrogen) atoms. The van der Waals surface area contributed by atoms with Crippen molar-refractivity contribution in [3.8, 4) is 0 Å². The van der Waals surface area contributed by atoms with E-state index in [0.29, 0.717) is 6.54 Å². The molecule has 2 unspecified atom stereocenters. The Morgan fingerprint density at radius 3 is 2.56 bits per heavy atom. The molecule has 6 nitrogen and oxygen atoms in total. The van der Waals surface area contributed by atoms with E-state index in [2.05, 4.69) is 26.1 Å². The van der Waals surface area contributed by atoms with Gasteiger partial charge in [0.1, 0.15) is 24.6 Å². The minimum absolute atomic E-state index is 0.249. The molecule has 0 spiro atoms. The largest absolute Gasteiger partial charge is 0.383 e. The van der Waals surface area contributed by atoms with E-state index in [1.807, 2.05) is 39.8 Å². The molecule has 0 saturated carbocycles. The van der Waals surface area contributed by atoms with Crippen LogP contribution < -0.4 is 0 Å². The molecular formula is C19H23N5O. The van der Waals surface area contributed by atoms with Gasteiger partial charge in [0.05, 0.1) is 12.2 Å². The van der Waals surface area contributed by atoms with Crippen molar-refractivity contribution in [2.75, 3.05) is 0 Å². The molecule has 0 aliphatic rings. The van der Waals surface area contributed by atoms with Gasteiger partial charge in [-0.2, -0.15) is 5.10 Å². The molecule has 2 atom stereocenters. The zero-order chi connectivity index (χ0) is 18.0. The highest BCUT2D eigenvalue weighted by Crippen LogP contribution is 2.39. The van der Waals surface area contributed by atoms with Crippen LogP contribution in [0.4, 0.5) is 0 Å². The second-order valence-corrected chi connectivity index (χ2v) is 6.65. The lowest BCUT2D eigenvalue weighted by Gasteiger charge is -2.36. The van der Waals surface area contributed by atoms with E-state index in [4.69, 9.17) is 0 Å². The highest BCUT2D eigenvalue weighted by molar-refractivity contribution is 5.38. The molecule has 2 aromatic heterocycles. The molecule has 1 N–H and O–H groups in total. The number of hydrogen-bond donors (Lipinski definition) is 1. The van der Waals surface area contributed by atoms with Crippen molar-refractivity contribution in [3.63, 3.8) is 0 Å². The Bertz CT molecular complexity index is 862. The average Bonchev–Trinajstić information content (AvgIpc) is 3.07. The fraction of sp³-hybridized carbons (Fsp3) is 0.368. The molecule has 0 radical (unpaired) electrons. The molecule has 0 aliphatic carbocycles. The fourth-order valence-corrected chi connectivity index (χ4v) is 3.40. The van der Waals surface area contributed by atoms with Gasteiger partial charge in [0.2, 0.25) is 0 Å². The maximum absolute atomic E-state index is 11.8. The third-order valence-corrected chi connectivity index (χ3v) is 4.78. The first-order valence-corrected chi connectivity index (χ1v) is 8.31. The normalized spacial score (nSPS) is 14.9. The van der Waals surface area contributed by atoms with E-state index < -0.39 is 5.60 Å². The summed E-state index contributed by atoms with van der Waals surface area (Å²) in [6, 6.07) is 6.10. The van der Waals surface area contributed by atoms with E-state index >= 15 is 0 Å². The van der Waals surface area contributed by atoms with Gasteiger partial charge < -0.3 is 5.11 Å². The van der Waals surface area contributed by atoms with Gasteiger partial charge >= 0.3 is 0 Å². The molecular weight excluding hydrogens is 314 g/mol. The van der Waals surface area contributed by atoms with Gasteiger partial charge in [0, 0.05) is 12.1 Å². The van der Waals surface area contributed by atoms with Crippen LogP contribution in [0.2, 0.25) is 0 Å². The number of aliphatic hydroxyl groups is 1. The summed E-state index contributed by atoms with van der Waals surface area (Å²) in [6.45, 7) is 8.32. The number of aromatic nitrogens is 5. The van der Waals surface area contributed by atoms with Crippen LogP contribution in [-0.4, -0.2) is 29.8 Å². The number of aryl methyl sites for hydroxylation is 3. The summed E-state index contributed by atoms with van der Waals surface area (Å²) in [5, 5.41) is 16.0. The zero-order valence-electron chi connectivity index (χ0n) is 15.0. The molecule has 0 amide bonds. The van der Waals surface area contributed by atoms with Crippen LogP contribution in [0.15, 0.2) is 43.4 Å². The van der Waals surface area contributed by atoms with Gasteiger partial charge in [0.15, 0.2) is 0 Å². The number of nitrogens with zero attached hydrogens (tertiary/aromatic N) is 5. The van der Waals surface area contributed by atoms with Gasteiger partial charge in [-0.1, -0.05) is 30.7 Å². The smallest absolute Gasteiger partial charge is 0.137 e. The van der Waals surface area contributed by atoms with Crippen molar-refractivity contribution in [2.24, 2.45) is 0 Å². The predicted molar refractivity (Wildman–Crippen MR) is 95.0 cm³/mol. The van der Waals surface area contributed by atoms with Crippen LogP contribution in [0.25, 0.3) is 0 Å². The standard InChI is InChI=1S/C19H23N5O/c1-13-5-6-17(14(2)7-13)19(25,9-24-12-21-11-23-24)16(4)18-15(3)8-20-10-22-18/h5-8,10-12,16,25H,9H2,1-4H3. The lowest BCUT2D eigenvalue weighted by molar-refractivity contribution is -0.00991. The lowest BCUT2D eigenvalue weighted by atomic mass is 9.77. The Kier molecular flexibility index (Phi) is 4.63. The van der Waals surface area contributed by atoms with Crippen molar-refractivity contribution in [1.82, 2.24) is 24.7 Å². The summed E-state index contributed by atoms with van der Waals surface area (Å²) in [5.41, 5.74) is 3.69. The van der Waals surface area contributed by atoms with E-state index in [1.165, 1.54) is 12.7 Å². The van der Waals surface area contributed by atoms with E-state index in [1.54, 1.807) is 17.2 Å². The minimum Gasteiger partial charge on any atom is -0.383 e. The van der Waals surface area contributed by atoms with Crippen LogP contribution in [0, 0.1) is 20.8 Å². The van der Waals surface area contributed by atoms with Crippen LogP contribution in [0.1, 0.15) is 40.8 Å². The van der Waals surface area contributed by atoms with Crippen molar-refractivity contribution < 1.29 is 5.11 Å². The van der Waals surface area contributed by atoms with Crippen molar-refractivity contribution in [2.45, 2.75) is 45.8 Å². The summed E-state index contributed by atoms with van der Waals surface area (Å²) in [7, 11) is 0. The van der Waals surface area contributed by atoms with Crippen LogP contribution >= 0.6 is 0 Å². The summed E-state index contributed by atoms with van der Waals surface area (Å²) >= 11 is 0. The summed E-state index contributed by atoms with van der Waals surface area (Å²) in [6.07, 6.45) is 6.39. The lowest BCUT2D eigenvalue weighted by Crippen LogP contribution is -2.38. The second-order valence-electron chi connectivity index (χ2n) is 6.65. The van der Waals surface area contributed by atoms with Gasteiger partial charge in [-0.15, -0.1) is 0 Å². The van der Waals surface area contributed by atoms with Gasteiger partial charge in [-0.05, 0) is 37.5 Å². The first-order valence-electron chi connectivity index (χ1n) is 8.31. The molecule has 0 saturated heterocycles. The monoisotopic (exact) mass is 337 g/mol. The SMILES string of the molecule is Cc1ccc(C(O)(Cn2cncn2)C(C)c2ncncc2C)c(C)c1. The van der Waals surface area contributed by atoms with Gasteiger partial charge in [0.25, 0.3) is 0 Å². The van der Waals surface area contributed by atoms with Gasteiger partial charge in [-0.3, -0.25) is 0 Å². The number of hydrogen-bond acceptors (Lipinski definition) is 5. The Morgan fingerprint density at radius 1 is 1.12 bits per heavy atom. The highest BCUT2D eigenvalue weighted by Gasteiger charge is 2.40. The maximum atomic E-state index is 11.8. The minimum atomic E-state index is -1.18. The third-order valence-electron chi connectivity index (χ3n) is 4.78. The van der Waals surface area contributed by atoms with Crippen molar-refractivity contribution in [1.29, 1.82) is 0 Å². The maximum Gasteiger partial charge on any atom is 0.137 e. The van der Waals surface area contributed by atoms with Crippen LogP contribution in [0.5, 0.6) is 0 Å². The fourth-order valence-electron chi connectivity index (χ4n) is 3.40. The summed E-state index contributed by atoms with van der Waals surface area (Å²) in [5.74, 6) is -0.249. The quantitative estimate of drug-likeness (QED) is 0.774. The molecule has 1 aromatic carbocycles. The zero-order valence-corrected chi connectivity index (χ0v) is 15.0. The Balaban J connectivity index is 2.13. The van der Waals surface area contributed by atoms with Crippen molar-refractivity contribution >= 4 is 0 Å². The molecule has 0 fully saturated rings. The summed E-state index contributed by atoms with van der Waals surface area (Å²) < 4.78 is 1.66. The van der Waals surface area contributed by atoms with E-state index in [-0.39, 0.29) is 5.92 Å². The van der Waals surface area contributed by atoms with Crippen molar-refractivity contribution in [3.05, 3.63) is 71.3 Å². The van der Waals surface area contributed by atoms with Gasteiger partial charge in [-0.25, -0.2) is 19.6 Å². The van der Waals surface area contributed by atoms with E-state index in [9.17, 15) is 5.11 Å². The number of benzene rings is 1. The second kappa shape index (κ2) is 6.72. The molecule has 130 valence electrons. The first-order chi connectivity index (χ1) is 11.9. The Hall–Kier alpha value is -2.60. The third kappa shape index (κ3) is 3.30. The molecule has 0 aliphatic heterocycles. The first kappa shape index (κ1) is 17.2. The summed E-state index contributed by atoms with van der Waals surface area (Å²) in [4.78, 5) is 12.5. The Morgan fingerprint density at radius 2 is 1.92 bits per heavy atom. The average molecular weight is 337 g/mol.